The SMILES string of the molecule is COc1cc(CNc2cc(Cl)ccc2C)cc(Cl)c1O. The highest BCUT2D eigenvalue weighted by molar-refractivity contribution is 6.32. The number of ether oxygens (including phenoxy) is 1. The van der Waals surface area contributed by atoms with Crippen molar-refractivity contribution in [2.75, 3.05) is 12.4 Å². The van der Waals surface area contributed by atoms with E-state index in [1.54, 1.807) is 12.1 Å². The van der Waals surface area contributed by atoms with Gasteiger partial charge >= 0.3 is 0 Å². The maximum absolute atomic E-state index is 9.69. The minimum Gasteiger partial charge on any atom is -0.503 e. The summed E-state index contributed by atoms with van der Waals surface area (Å²) in [7, 11) is 1.49. The Hall–Kier alpha value is -1.58. The van der Waals surface area contributed by atoms with Crippen LogP contribution < -0.4 is 10.1 Å². The molecule has 2 aromatic rings. The smallest absolute Gasteiger partial charge is 0.176 e. The average molecular weight is 312 g/mol. The number of rotatable bonds is 4. The average Bonchev–Trinajstić information content (AvgIpc) is 2.43. The van der Waals surface area contributed by atoms with E-state index in [1.807, 2.05) is 25.1 Å². The molecule has 0 fully saturated rings. The van der Waals surface area contributed by atoms with Crippen LogP contribution in [-0.4, -0.2) is 12.2 Å². The van der Waals surface area contributed by atoms with Crippen LogP contribution >= 0.6 is 23.2 Å². The van der Waals surface area contributed by atoms with Gasteiger partial charge in [-0.2, -0.15) is 0 Å². The monoisotopic (exact) mass is 311 g/mol. The number of nitrogens with one attached hydrogen (secondary N) is 1. The van der Waals surface area contributed by atoms with Gasteiger partial charge in [-0.25, -0.2) is 0 Å². The fourth-order valence-electron chi connectivity index (χ4n) is 1.87. The Morgan fingerprint density at radius 2 is 1.95 bits per heavy atom. The van der Waals surface area contributed by atoms with Crippen molar-refractivity contribution in [3.8, 4) is 11.5 Å². The first-order chi connectivity index (χ1) is 9.51. The van der Waals surface area contributed by atoms with E-state index in [4.69, 9.17) is 27.9 Å². The summed E-state index contributed by atoms with van der Waals surface area (Å²) in [6.45, 7) is 2.56. The molecule has 0 aromatic heterocycles. The molecule has 0 radical (unpaired) electrons. The summed E-state index contributed by atoms with van der Waals surface area (Å²) in [6.07, 6.45) is 0. The maximum Gasteiger partial charge on any atom is 0.176 e. The number of phenolic OH excluding ortho intramolecular Hbond substituents is 1. The fourth-order valence-corrected chi connectivity index (χ4v) is 2.27. The van der Waals surface area contributed by atoms with Gasteiger partial charge in [0.1, 0.15) is 0 Å². The van der Waals surface area contributed by atoms with Gasteiger partial charge in [0, 0.05) is 17.3 Å². The number of anilines is 1. The highest BCUT2D eigenvalue weighted by Crippen LogP contribution is 2.35. The third-order valence-corrected chi connectivity index (χ3v) is 3.51. The standard InChI is InChI=1S/C15H15Cl2NO2/c1-9-3-4-11(16)7-13(9)18-8-10-5-12(17)15(19)14(6-10)20-2/h3-7,18-19H,8H2,1-2H3. The Morgan fingerprint density at radius 3 is 2.65 bits per heavy atom. The largest absolute Gasteiger partial charge is 0.503 e. The summed E-state index contributed by atoms with van der Waals surface area (Å²) in [4.78, 5) is 0. The number of phenols is 1. The number of methoxy groups -OCH3 is 1. The molecule has 0 aliphatic carbocycles. The molecule has 0 unspecified atom stereocenters. The van der Waals surface area contributed by atoms with Gasteiger partial charge in [0.05, 0.1) is 12.1 Å². The highest BCUT2D eigenvalue weighted by atomic mass is 35.5. The summed E-state index contributed by atoms with van der Waals surface area (Å²) >= 11 is 11.9. The van der Waals surface area contributed by atoms with Crippen LogP contribution in [0, 0.1) is 6.92 Å². The number of hydrogen-bond donors (Lipinski definition) is 2. The van der Waals surface area contributed by atoms with Crippen molar-refractivity contribution in [2.45, 2.75) is 13.5 Å². The van der Waals surface area contributed by atoms with E-state index < -0.39 is 0 Å². The second-order valence-corrected chi connectivity index (χ2v) is 5.28. The Balaban J connectivity index is 2.19. The van der Waals surface area contributed by atoms with Crippen molar-refractivity contribution in [3.63, 3.8) is 0 Å². The van der Waals surface area contributed by atoms with E-state index >= 15 is 0 Å². The Labute approximate surface area is 128 Å². The molecule has 0 aliphatic rings. The van der Waals surface area contributed by atoms with Gasteiger partial charge in [0.25, 0.3) is 0 Å². The van der Waals surface area contributed by atoms with Gasteiger partial charge < -0.3 is 15.2 Å². The van der Waals surface area contributed by atoms with E-state index in [9.17, 15) is 5.11 Å². The van der Waals surface area contributed by atoms with Crippen LogP contribution in [0.15, 0.2) is 30.3 Å². The molecule has 0 saturated heterocycles. The van der Waals surface area contributed by atoms with Crippen LogP contribution in [0.25, 0.3) is 0 Å². The van der Waals surface area contributed by atoms with E-state index in [1.165, 1.54) is 7.11 Å². The molecule has 2 N–H and O–H groups in total. The van der Waals surface area contributed by atoms with Gasteiger partial charge in [-0.15, -0.1) is 0 Å². The zero-order valence-electron chi connectivity index (χ0n) is 11.2. The molecule has 0 spiro atoms. The molecule has 20 heavy (non-hydrogen) atoms. The third-order valence-electron chi connectivity index (χ3n) is 2.99. The molecule has 0 amide bonds. The molecule has 0 bridgehead atoms. The Bertz CT molecular complexity index is 630. The Morgan fingerprint density at radius 1 is 1.20 bits per heavy atom. The second kappa shape index (κ2) is 6.25. The van der Waals surface area contributed by atoms with Crippen molar-refractivity contribution >= 4 is 28.9 Å². The minimum atomic E-state index is -0.0446. The van der Waals surface area contributed by atoms with E-state index in [2.05, 4.69) is 5.32 Å². The molecule has 0 heterocycles. The summed E-state index contributed by atoms with van der Waals surface area (Å²) in [5.74, 6) is 0.314. The molecular formula is C15H15Cl2NO2. The van der Waals surface area contributed by atoms with Gasteiger partial charge in [0.15, 0.2) is 11.5 Å². The lowest BCUT2D eigenvalue weighted by Gasteiger charge is -2.12. The highest BCUT2D eigenvalue weighted by Gasteiger charge is 2.09. The van der Waals surface area contributed by atoms with Crippen LogP contribution in [0.2, 0.25) is 10.0 Å². The summed E-state index contributed by atoms with van der Waals surface area (Å²) < 4.78 is 5.08. The molecule has 2 rings (SSSR count). The maximum atomic E-state index is 9.69. The summed E-state index contributed by atoms with van der Waals surface area (Å²) in [5.41, 5.74) is 2.97. The zero-order chi connectivity index (χ0) is 14.7. The quantitative estimate of drug-likeness (QED) is 0.865. The molecule has 106 valence electrons. The normalized spacial score (nSPS) is 10.4. The fraction of sp³-hybridized carbons (Fsp3) is 0.200. The first-order valence-electron chi connectivity index (χ1n) is 6.06. The first-order valence-corrected chi connectivity index (χ1v) is 6.82. The van der Waals surface area contributed by atoms with Gasteiger partial charge in [0.2, 0.25) is 0 Å². The summed E-state index contributed by atoms with van der Waals surface area (Å²) in [5, 5.41) is 13.9. The van der Waals surface area contributed by atoms with Crippen molar-refractivity contribution in [3.05, 3.63) is 51.5 Å². The number of halogens is 2. The van der Waals surface area contributed by atoms with Crippen LogP contribution in [0.4, 0.5) is 5.69 Å². The molecule has 5 heteroatoms. The first kappa shape index (κ1) is 14.8. The van der Waals surface area contributed by atoms with Crippen LogP contribution in [0.5, 0.6) is 11.5 Å². The number of hydrogen-bond acceptors (Lipinski definition) is 3. The van der Waals surface area contributed by atoms with E-state index in [0.29, 0.717) is 17.3 Å². The number of aromatic hydroxyl groups is 1. The topological polar surface area (TPSA) is 41.5 Å². The van der Waals surface area contributed by atoms with E-state index in [-0.39, 0.29) is 10.8 Å². The van der Waals surface area contributed by atoms with Gasteiger partial charge in [-0.05, 0) is 42.3 Å². The van der Waals surface area contributed by atoms with Crippen molar-refractivity contribution in [2.24, 2.45) is 0 Å². The molecule has 0 atom stereocenters. The third kappa shape index (κ3) is 3.30. The molecular weight excluding hydrogens is 297 g/mol. The lowest BCUT2D eigenvalue weighted by atomic mass is 10.1. The predicted octanol–water partition coefficient (Wildman–Crippen LogP) is 4.63. The van der Waals surface area contributed by atoms with Crippen molar-refractivity contribution in [1.82, 2.24) is 0 Å². The van der Waals surface area contributed by atoms with Crippen molar-refractivity contribution < 1.29 is 9.84 Å². The van der Waals surface area contributed by atoms with Gasteiger partial charge in [-0.3, -0.25) is 0 Å². The van der Waals surface area contributed by atoms with Gasteiger partial charge in [-0.1, -0.05) is 29.3 Å². The lowest BCUT2D eigenvalue weighted by Crippen LogP contribution is -2.01. The number of benzene rings is 2. The minimum absolute atomic E-state index is 0.0446. The van der Waals surface area contributed by atoms with E-state index in [0.717, 1.165) is 16.8 Å². The zero-order valence-corrected chi connectivity index (χ0v) is 12.7. The van der Waals surface area contributed by atoms with Crippen LogP contribution in [-0.2, 0) is 6.54 Å². The second-order valence-electron chi connectivity index (χ2n) is 4.44. The summed E-state index contributed by atoms with van der Waals surface area (Å²) in [6, 6.07) is 9.12. The van der Waals surface area contributed by atoms with Crippen LogP contribution in [0.3, 0.4) is 0 Å². The molecule has 0 aliphatic heterocycles. The van der Waals surface area contributed by atoms with Crippen molar-refractivity contribution in [1.29, 1.82) is 0 Å². The molecule has 2 aromatic carbocycles. The predicted molar refractivity (Wildman–Crippen MR) is 83.2 cm³/mol. The lowest BCUT2D eigenvalue weighted by molar-refractivity contribution is 0.373. The molecule has 0 saturated carbocycles. The molecule has 3 nitrogen and oxygen atoms in total. The Kier molecular flexibility index (Phi) is 4.63. The number of aryl methyl sites for hydroxylation is 1. The van der Waals surface area contributed by atoms with Crippen LogP contribution in [0.1, 0.15) is 11.1 Å².